The van der Waals surface area contributed by atoms with Crippen LogP contribution < -0.4 is 5.73 Å². The Labute approximate surface area is 71.7 Å². The van der Waals surface area contributed by atoms with E-state index >= 15 is 0 Å². The molecule has 0 amide bonds. The Morgan fingerprint density at radius 3 is 2.45 bits per heavy atom. The van der Waals surface area contributed by atoms with Crippen LogP contribution in [-0.2, 0) is 4.79 Å². The molecule has 4 N–H and O–H groups in total. The van der Waals surface area contributed by atoms with E-state index in [0.29, 0.717) is 5.82 Å². The van der Waals surface area contributed by atoms with E-state index in [1.54, 1.807) is 6.20 Å². The zero-order chi connectivity index (χ0) is 8.85. The standard InChI is InChI=1S/C3H4BrN3.C2H4O2/c4-2-1-6-7-3(2)5;1-2(3)4/h1H,(H3,5,6,7);1H3,(H,3,4). The second-order valence-electron chi connectivity index (χ2n) is 1.65. The Balaban J connectivity index is 0.000000218. The summed E-state index contributed by atoms with van der Waals surface area (Å²) in [6.45, 7) is 1.08. The van der Waals surface area contributed by atoms with Gasteiger partial charge in [-0.25, -0.2) is 0 Å². The van der Waals surface area contributed by atoms with Crippen molar-refractivity contribution in [3.05, 3.63) is 10.7 Å². The summed E-state index contributed by atoms with van der Waals surface area (Å²) >= 11 is 3.15. The highest BCUT2D eigenvalue weighted by Gasteiger charge is 1.90. The fraction of sp³-hybridized carbons (Fsp3) is 0.200. The second kappa shape index (κ2) is 4.73. The minimum absolute atomic E-state index is 0.569. The maximum absolute atomic E-state index is 9.00. The van der Waals surface area contributed by atoms with Crippen LogP contribution in [0.2, 0.25) is 0 Å². The number of carboxylic acid groups (broad SMARTS) is 1. The van der Waals surface area contributed by atoms with E-state index in [4.69, 9.17) is 15.6 Å². The van der Waals surface area contributed by atoms with Gasteiger partial charge in [-0.2, -0.15) is 5.10 Å². The van der Waals surface area contributed by atoms with Crippen LogP contribution >= 0.6 is 15.9 Å². The summed E-state index contributed by atoms with van der Waals surface area (Å²) in [4.78, 5) is 9.00. The minimum Gasteiger partial charge on any atom is -0.481 e. The molecule has 0 saturated heterocycles. The summed E-state index contributed by atoms with van der Waals surface area (Å²) in [6, 6.07) is 0. The van der Waals surface area contributed by atoms with Gasteiger partial charge in [0.15, 0.2) is 0 Å². The van der Waals surface area contributed by atoms with Gasteiger partial charge in [0.25, 0.3) is 5.97 Å². The van der Waals surface area contributed by atoms with Crippen LogP contribution in [0.3, 0.4) is 0 Å². The first-order valence-corrected chi connectivity index (χ1v) is 3.47. The summed E-state index contributed by atoms with van der Waals surface area (Å²) in [5.74, 6) is -0.264. The smallest absolute Gasteiger partial charge is 0.300 e. The number of aliphatic carboxylic acids is 1. The number of aromatic nitrogens is 2. The topological polar surface area (TPSA) is 92.0 Å². The SMILES string of the molecule is CC(=O)O.Nc1[nH]ncc1Br. The molecule has 1 rings (SSSR count). The molecule has 0 bridgehead atoms. The fourth-order valence-corrected chi connectivity index (χ4v) is 0.472. The van der Waals surface area contributed by atoms with Gasteiger partial charge >= 0.3 is 0 Å². The lowest BCUT2D eigenvalue weighted by molar-refractivity contribution is -0.134. The van der Waals surface area contributed by atoms with Gasteiger partial charge in [-0.05, 0) is 15.9 Å². The van der Waals surface area contributed by atoms with E-state index in [2.05, 4.69) is 26.1 Å². The molecule has 0 radical (unpaired) electrons. The molecule has 1 aromatic heterocycles. The highest BCUT2D eigenvalue weighted by Crippen LogP contribution is 2.12. The number of nitrogens with one attached hydrogen (secondary N) is 1. The highest BCUT2D eigenvalue weighted by atomic mass is 79.9. The maximum Gasteiger partial charge on any atom is 0.300 e. The molecular weight excluding hydrogens is 214 g/mol. The molecule has 0 spiro atoms. The summed E-state index contributed by atoms with van der Waals surface area (Å²) in [5, 5.41) is 13.6. The number of hydrogen-bond donors (Lipinski definition) is 3. The molecular formula is C5H8BrN3O2. The number of nitrogens with two attached hydrogens (primary N) is 1. The second-order valence-corrected chi connectivity index (χ2v) is 2.50. The first kappa shape index (κ1) is 9.96. The number of carbonyl (C=O) groups is 1. The molecule has 6 heteroatoms. The third-order valence-corrected chi connectivity index (χ3v) is 1.25. The van der Waals surface area contributed by atoms with Gasteiger partial charge in [0.1, 0.15) is 5.82 Å². The van der Waals surface area contributed by atoms with E-state index in [9.17, 15) is 0 Å². The van der Waals surface area contributed by atoms with Crippen molar-refractivity contribution in [3.8, 4) is 0 Å². The molecule has 0 atom stereocenters. The van der Waals surface area contributed by atoms with E-state index in [0.717, 1.165) is 11.4 Å². The van der Waals surface area contributed by atoms with Crippen LogP contribution in [0.5, 0.6) is 0 Å². The molecule has 0 unspecified atom stereocenters. The number of H-pyrrole nitrogens is 1. The summed E-state index contributed by atoms with van der Waals surface area (Å²) in [5.41, 5.74) is 5.27. The Hall–Kier alpha value is -1.04. The molecule has 0 aliphatic rings. The lowest BCUT2D eigenvalue weighted by atomic mass is 10.7. The molecule has 0 aliphatic heterocycles. The van der Waals surface area contributed by atoms with Crippen molar-refractivity contribution in [2.45, 2.75) is 6.92 Å². The van der Waals surface area contributed by atoms with E-state index in [1.165, 1.54) is 0 Å². The van der Waals surface area contributed by atoms with Gasteiger partial charge < -0.3 is 10.8 Å². The van der Waals surface area contributed by atoms with E-state index in [-0.39, 0.29) is 0 Å². The van der Waals surface area contributed by atoms with Crippen molar-refractivity contribution >= 4 is 27.7 Å². The molecule has 0 saturated carbocycles. The number of nitrogen functional groups attached to an aromatic ring is 1. The molecule has 1 aromatic rings. The Morgan fingerprint density at radius 2 is 2.36 bits per heavy atom. The van der Waals surface area contributed by atoms with Crippen molar-refractivity contribution in [1.82, 2.24) is 10.2 Å². The van der Waals surface area contributed by atoms with Crippen molar-refractivity contribution in [2.75, 3.05) is 5.73 Å². The number of anilines is 1. The minimum atomic E-state index is -0.833. The lowest BCUT2D eigenvalue weighted by Gasteiger charge is -1.77. The number of nitrogens with zero attached hydrogens (tertiary/aromatic N) is 1. The van der Waals surface area contributed by atoms with Crippen molar-refractivity contribution in [1.29, 1.82) is 0 Å². The molecule has 62 valence electrons. The van der Waals surface area contributed by atoms with Crippen LogP contribution in [0.25, 0.3) is 0 Å². The average molecular weight is 222 g/mol. The van der Waals surface area contributed by atoms with Crippen molar-refractivity contribution in [3.63, 3.8) is 0 Å². The predicted octanol–water partition coefficient (Wildman–Crippen LogP) is 0.845. The number of rotatable bonds is 0. The van der Waals surface area contributed by atoms with E-state index < -0.39 is 5.97 Å². The van der Waals surface area contributed by atoms with Crippen LogP contribution in [0.4, 0.5) is 5.82 Å². The van der Waals surface area contributed by atoms with E-state index in [1.807, 2.05) is 0 Å². The van der Waals surface area contributed by atoms with Gasteiger partial charge in [-0.3, -0.25) is 9.89 Å². The Bertz CT molecular complexity index is 215. The van der Waals surface area contributed by atoms with Crippen LogP contribution in [0.1, 0.15) is 6.92 Å². The molecule has 0 aromatic carbocycles. The predicted molar refractivity (Wildman–Crippen MR) is 44.0 cm³/mol. The zero-order valence-corrected chi connectivity index (χ0v) is 7.42. The third kappa shape index (κ3) is 5.41. The highest BCUT2D eigenvalue weighted by molar-refractivity contribution is 9.10. The average Bonchev–Trinajstić information content (AvgIpc) is 2.15. The largest absolute Gasteiger partial charge is 0.481 e. The third-order valence-electron chi connectivity index (χ3n) is 0.620. The molecule has 5 nitrogen and oxygen atoms in total. The Morgan fingerprint density at radius 1 is 1.91 bits per heavy atom. The van der Waals surface area contributed by atoms with Gasteiger partial charge in [-0.15, -0.1) is 0 Å². The lowest BCUT2D eigenvalue weighted by Crippen LogP contribution is -1.83. The molecule has 0 fully saturated rings. The summed E-state index contributed by atoms with van der Waals surface area (Å²) < 4.78 is 0.813. The first-order chi connectivity index (χ1) is 5.04. The maximum atomic E-state index is 9.00. The van der Waals surface area contributed by atoms with Gasteiger partial charge in [0, 0.05) is 6.92 Å². The first-order valence-electron chi connectivity index (χ1n) is 2.68. The fourth-order valence-electron chi connectivity index (χ4n) is 0.281. The van der Waals surface area contributed by atoms with Gasteiger partial charge in [0.05, 0.1) is 10.7 Å². The van der Waals surface area contributed by atoms with Crippen molar-refractivity contribution < 1.29 is 9.90 Å². The summed E-state index contributed by atoms with van der Waals surface area (Å²) in [6.07, 6.45) is 1.61. The molecule has 11 heavy (non-hydrogen) atoms. The number of aromatic amines is 1. The number of hydrogen-bond acceptors (Lipinski definition) is 3. The van der Waals surface area contributed by atoms with Gasteiger partial charge in [0.2, 0.25) is 0 Å². The summed E-state index contributed by atoms with van der Waals surface area (Å²) in [7, 11) is 0. The van der Waals surface area contributed by atoms with Crippen LogP contribution in [0.15, 0.2) is 10.7 Å². The number of halogens is 1. The normalized spacial score (nSPS) is 8.18. The molecule has 0 aliphatic carbocycles. The van der Waals surface area contributed by atoms with Crippen LogP contribution in [0, 0.1) is 0 Å². The zero-order valence-electron chi connectivity index (χ0n) is 5.84. The number of carboxylic acids is 1. The molecule has 1 heterocycles. The Kier molecular flexibility index (Phi) is 4.28. The monoisotopic (exact) mass is 221 g/mol. The van der Waals surface area contributed by atoms with Crippen molar-refractivity contribution in [2.24, 2.45) is 0 Å². The quantitative estimate of drug-likeness (QED) is 0.606. The van der Waals surface area contributed by atoms with Crippen LogP contribution in [-0.4, -0.2) is 21.3 Å². The van der Waals surface area contributed by atoms with Gasteiger partial charge in [-0.1, -0.05) is 0 Å².